The normalized spacial score (nSPS) is 26.0. The fraction of sp³-hybridized carbons (Fsp3) is 0.526. The molecule has 0 spiro atoms. The minimum Gasteiger partial charge on any atom is -0.378 e. The number of benzene rings is 1. The van der Waals surface area contributed by atoms with Crippen LogP contribution in [0.4, 0.5) is 0 Å². The van der Waals surface area contributed by atoms with E-state index in [9.17, 15) is 0 Å². The fourth-order valence-corrected chi connectivity index (χ4v) is 8.08. The van der Waals surface area contributed by atoms with Crippen molar-refractivity contribution in [2.45, 2.75) is 111 Å². The van der Waals surface area contributed by atoms with E-state index in [1.807, 2.05) is 0 Å². The van der Waals surface area contributed by atoms with Crippen LogP contribution in [0.25, 0.3) is 0 Å². The van der Waals surface area contributed by atoms with Gasteiger partial charge in [-0.15, -0.1) is 11.3 Å². The third-order valence-electron chi connectivity index (χ3n) is 9.97. The van der Waals surface area contributed by atoms with Gasteiger partial charge in [-0.3, -0.25) is 0 Å². The molecule has 1 saturated heterocycles. The Morgan fingerprint density at radius 2 is 2.00 bits per heavy atom. The van der Waals surface area contributed by atoms with Crippen LogP contribution in [-0.2, 0) is 24.2 Å². The summed E-state index contributed by atoms with van der Waals surface area (Å²) < 4.78 is 6.58. The van der Waals surface area contributed by atoms with Gasteiger partial charge in [0.25, 0.3) is 0 Å². The molecule has 1 saturated carbocycles. The summed E-state index contributed by atoms with van der Waals surface area (Å²) >= 11 is 1.78. The van der Waals surface area contributed by atoms with Crippen molar-refractivity contribution in [2.75, 3.05) is 6.61 Å². The second-order valence-corrected chi connectivity index (χ2v) is 14.3. The lowest BCUT2D eigenvalue weighted by molar-refractivity contribution is 0.130. The van der Waals surface area contributed by atoms with Crippen LogP contribution in [0.2, 0.25) is 0 Å². The van der Waals surface area contributed by atoms with Crippen LogP contribution in [0.1, 0.15) is 99.8 Å². The van der Waals surface area contributed by atoms with E-state index in [0.717, 1.165) is 36.1 Å². The van der Waals surface area contributed by atoms with Gasteiger partial charge in [-0.05, 0) is 117 Å². The molecule has 0 amide bonds. The van der Waals surface area contributed by atoms with Crippen molar-refractivity contribution in [1.82, 2.24) is 10.2 Å². The monoisotopic (exact) mass is 584 g/mol. The second-order valence-electron chi connectivity index (χ2n) is 13.3. The van der Waals surface area contributed by atoms with Gasteiger partial charge < -0.3 is 15.0 Å². The van der Waals surface area contributed by atoms with E-state index in [4.69, 9.17) is 4.74 Å². The van der Waals surface area contributed by atoms with E-state index in [0.29, 0.717) is 25.2 Å². The number of hydrogen-bond donors (Lipinski definition) is 1. The molecule has 1 N–H and O–H groups in total. The average Bonchev–Trinajstić information content (AvgIpc) is 3.39. The van der Waals surface area contributed by atoms with Crippen molar-refractivity contribution in [1.29, 1.82) is 0 Å². The molecule has 4 heteroatoms. The predicted molar refractivity (Wildman–Crippen MR) is 180 cm³/mol. The molecule has 0 radical (unpaired) electrons. The minimum atomic E-state index is 0.223. The van der Waals surface area contributed by atoms with E-state index in [1.54, 1.807) is 11.3 Å². The quantitative estimate of drug-likeness (QED) is 0.237. The first-order valence-corrected chi connectivity index (χ1v) is 17.0. The van der Waals surface area contributed by atoms with Gasteiger partial charge in [0.1, 0.15) is 0 Å². The molecule has 0 bridgehead atoms. The Morgan fingerprint density at radius 1 is 1.21 bits per heavy atom. The molecule has 226 valence electrons. The molecule has 5 rings (SSSR count). The highest BCUT2D eigenvalue weighted by molar-refractivity contribution is 7.09. The molecule has 1 aromatic heterocycles. The van der Waals surface area contributed by atoms with Crippen molar-refractivity contribution in [2.24, 2.45) is 11.8 Å². The summed E-state index contributed by atoms with van der Waals surface area (Å²) in [5.74, 6) is 2.25. The Kier molecular flexibility index (Phi) is 9.84. The molecule has 2 heterocycles. The Bertz CT molecular complexity index is 1350. The van der Waals surface area contributed by atoms with Gasteiger partial charge in [-0.2, -0.15) is 0 Å². The fourth-order valence-electron chi connectivity index (χ4n) is 7.34. The van der Waals surface area contributed by atoms with Gasteiger partial charge in [0.05, 0.1) is 25.3 Å². The second kappa shape index (κ2) is 13.4. The summed E-state index contributed by atoms with van der Waals surface area (Å²) in [7, 11) is 0. The smallest absolute Gasteiger partial charge is 0.0862 e. The number of aryl methyl sites for hydroxylation is 1. The lowest BCUT2D eigenvalue weighted by Crippen LogP contribution is -2.61. The van der Waals surface area contributed by atoms with Crippen LogP contribution in [0, 0.1) is 18.8 Å². The van der Waals surface area contributed by atoms with Gasteiger partial charge in [-0.25, -0.2) is 0 Å². The highest BCUT2D eigenvalue weighted by Gasteiger charge is 2.40. The maximum absolute atomic E-state index is 6.58. The third-order valence-corrected chi connectivity index (χ3v) is 10.8. The molecule has 1 aliphatic heterocycles. The van der Waals surface area contributed by atoms with Crippen molar-refractivity contribution in [3.8, 4) is 0 Å². The molecule has 1 aromatic carbocycles. The summed E-state index contributed by atoms with van der Waals surface area (Å²) in [6, 6.07) is 9.77. The van der Waals surface area contributed by atoms with Gasteiger partial charge in [0.15, 0.2) is 0 Å². The Morgan fingerprint density at radius 3 is 2.64 bits per heavy atom. The largest absolute Gasteiger partial charge is 0.378 e. The average molecular weight is 585 g/mol. The van der Waals surface area contributed by atoms with Crippen LogP contribution in [-0.4, -0.2) is 23.6 Å². The molecule has 3 nitrogen and oxygen atoms in total. The lowest BCUT2D eigenvalue weighted by atomic mass is 9.81. The number of likely N-dealkylation sites (tertiary alicyclic amines) is 1. The minimum absolute atomic E-state index is 0.223. The van der Waals surface area contributed by atoms with Crippen molar-refractivity contribution in [3.63, 3.8) is 0 Å². The lowest BCUT2D eigenvalue weighted by Gasteiger charge is -2.51. The number of rotatable bonds is 13. The Hall–Kier alpha value is -2.56. The number of thiophene rings is 1. The first kappa shape index (κ1) is 30.9. The first-order valence-electron chi connectivity index (χ1n) is 16.2. The molecule has 5 atom stereocenters. The van der Waals surface area contributed by atoms with Crippen LogP contribution >= 0.6 is 11.3 Å². The predicted octanol–water partition coefficient (Wildman–Crippen LogP) is 9.60. The van der Waals surface area contributed by atoms with Crippen molar-refractivity contribution >= 4 is 11.3 Å². The molecule has 3 aliphatic rings. The van der Waals surface area contributed by atoms with E-state index >= 15 is 0 Å². The van der Waals surface area contributed by atoms with Gasteiger partial charge in [-0.1, -0.05) is 56.9 Å². The molecule has 5 unspecified atom stereocenters. The van der Waals surface area contributed by atoms with Crippen molar-refractivity contribution in [3.05, 3.63) is 104 Å². The van der Waals surface area contributed by atoms with Crippen LogP contribution in [0.5, 0.6) is 0 Å². The molecule has 2 fully saturated rings. The zero-order valence-corrected chi connectivity index (χ0v) is 27.7. The zero-order valence-electron chi connectivity index (χ0n) is 26.9. The summed E-state index contributed by atoms with van der Waals surface area (Å²) in [6.07, 6.45) is 10.7. The summed E-state index contributed by atoms with van der Waals surface area (Å²) in [6.45, 7) is 23.9. The van der Waals surface area contributed by atoms with E-state index in [2.05, 4.69) is 101 Å². The summed E-state index contributed by atoms with van der Waals surface area (Å²) in [5, 5.41) is 5.77. The number of ether oxygens (including phenoxy) is 1. The maximum atomic E-state index is 6.58. The molecule has 42 heavy (non-hydrogen) atoms. The molecular weight excluding hydrogens is 532 g/mol. The van der Waals surface area contributed by atoms with Gasteiger partial charge in [0.2, 0.25) is 0 Å². The number of allylic oxidation sites excluding steroid dienone is 4. The highest BCUT2D eigenvalue weighted by atomic mass is 32.1. The van der Waals surface area contributed by atoms with Crippen LogP contribution < -0.4 is 5.32 Å². The zero-order chi connectivity index (χ0) is 30.0. The summed E-state index contributed by atoms with van der Waals surface area (Å²) in [5.41, 5.74) is 12.2. The SMILES string of the molecule is C=C(Cc1cccs1)NC1C(=C)N(/C(C)=C(\CC)COCc2cc(CC3CC3C)cc(C)c2C2C=C(C)CCC2)C1C. The number of nitrogens with one attached hydrogen (secondary N) is 1. The number of hydrogen-bond acceptors (Lipinski definition) is 4. The standard InChI is InChI=1S/C38H52N2OS/c1-9-32(28(6)40-29(7)38(30(40)8)39-27(5)19-36-14-11-15-42-36)22-41-23-35-21-31(20-34-18-25(34)3)17-26(4)37(35)33-13-10-12-24(2)16-33/h11,14-17,21,25,30,33-34,38-39H,5,7,9-10,12-13,18-20,22-23H2,1-4,6,8H3/b32-28+. The van der Waals surface area contributed by atoms with Gasteiger partial charge in [0, 0.05) is 34.3 Å². The molecule has 2 aliphatic carbocycles. The molecular formula is C38H52N2OS. The topological polar surface area (TPSA) is 24.5 Å². The third kappa shape index (κ3) is 6.97. The first-order chi connectivity index (χ1) is 20.2. The Labute approximate surface area is 259 Å². The summed E-state index contributed by atoms with van der Waals surface area (Å²) in [4.78, 5) is 3.73. The Balaban J connectivity index is 1.26. The van der Waals surface area contributed by atoms with E-state index in [-0.39, 0.29) is 6.04 Å². The maximum Gasteiger partial charge on any atom is 0.0862 e. The van der Waals surface area contributed by atoms with Crippen LogP contribution in [0.15, 0.2) is 77.1 Å². The number of nitrogens with zero attached hydrogens (tertiary/aromatic N) is 1. The van der Waals surface area contributed by atoms with E-state index in [1.165, 1.54) is 76.1 Å². The highest BCUT2D eigenvalue weighted by Crippen LogP contribution is 2.42. The van der Waals surface area contributed by atoms with E-state index < -0.39 is 0 Å². The van der Waals surface area contributed by atoms with Gasteiger partial charge >= 0.3 is 0 Å². The van der Waals surface area contributed by atoms with Crippen molar-refractivity contribution < 1.29 is 4.74 Å². The molecule has 2 aromatic rings. The van der Waals surface area contributed by atoms with Crippen LogP contribution in [0.3, 0.4) is 0 Å².